The molecule has 1 unspecified atom stereocenters. The Morgan fingerprint density at radius 2 is 2.40 bits per heavy atom. The van der Waals surface area contributed by atoms with Crippen molar-refractivity contribution in [3.8, 4) is 11.5 Å². The average molecular weight is 273 g/mol. The zero-order valence-corrected chi connectivity index (χ0v) is 11.8. The number of benzene rings is 1. The number of nitrogens with one attached hydrogen (secondary N) is 1. The monoisotopic (exact) mass is 273 g/mol. The van der Waals surface area contributed by atoms with Crippen LogP contribution in [-0.2, 0) is 13.6 Å². The smallest absolute Gasteiger partial charge is 0.124 e. The molecule has 0 radical (unpaired) electrons. The van der Waals surface area contributed by atoms with Gasteiger partial charge in [0.15, 0.2) is 0 Å². The molecule has 106 valence electrons. The van der Waals surface area contributed by atoms with Crippen LogP contribution in [0.25, 0.3) is 0 Å². The van der Waals surface area contributed by atoms with Crippen molar-refractivity contribution in [3.63, 3.8) is 0 Å². The van der Waals surface area contributed by atoms with Gasteiger partial charge < -0.3 is 19.4 Å². The van der Waals surface area contributed by atoms with Crippen molar-refractivity contribution in [3.05, 3.63) is 42.0 Å². The molecule has 1 aromatic carbocycles. The van der Waals surface area contributed by atoms with E-state index in [9.17, 15) is 0 Å². The summed E-state index contributed by atoms with van der Waals surface area (Å²) in [6.07, 6.45) is 4.72. The predicted octanol–water partition coefficient (Wildman–Crippen LogP) is 2.04. The number of aryl methyl sites for hydroxylation is 1. The molecular weight excluding hydrogens is 254 g/mol. The zero-order chi connectivity index (χ0) is 13.9. The van der Waals surface area contributed by atoms with Gasteiger partial charge in [0.1, 0.15) is 17.3 Å². The van der Waals surface area contributed by atoms with Crippen molar-refractivity contribution in [2.45, 2.75) is 19.0 Å². The third kappa shape index (κ3) is 2.49. The summed E-state index contributed by atoms with van der Waals surface area (Å²) in [5.41, 5.74) is 1.16. The Labute approximate surface area is 118 Å². The number of imidazole rings is 1. The van der Waals surface area contributed by atoms with E-state index in [1.165, 1.54) is 0 Å². The topological polar surface area (TPSA) is 48.3 Å². The van der Waals surface area contributed by atoms with Crippen LogP contribution >= 0.6 is 0 Å². The molecule has 1 atom stereocenters. The van der Waals surface area contributed by atoms with Gasteiger partial charge in [-0.2, -0.15) is 0 Å². The van der Waals surface area contributed by atoms with E-state index in [0.717, 1.165) is 42.5 Å². The van der Waals surface area contributed by atoms with E-state index in [4.69, 9.17) is 9.47 Å². The largest absolute Gasteiger partial charge is 0.497 e. The van der Waals surface area contributed by atoms with Gasteiger partial charge in [0.05, 0.1) is 20.3 Å². The number of methoxy groups -OCH3 is 1. The molecule has 3 rings (SSSR count). The van der Waals surface area contributed by atoms with Crippen molar-refractivity contribution in [1.82, 2.24) is 14.9 Å². The minimum Gasteiger partial charge on any atom is -0.497 e. The summed E-state index contributed by atoms with van der Waals surface area (Å²) in [6.45, 7) is 1.47. The lowest BCUT2D eigenvalue weighted by atomic mass is 10.00. The van der Waals surface area contributed by atoms with Crippen LogP contribution in [0.4, 0.5) is 0 Å². The molecule has 1 aliphatic rings. The quantitative estimate of drug-likeness (QED) is 0.926. The summed E-state index contributed by atoms with van der Waals surface area (Å²) in [6, 6.07) is 6.22. The molecular formula is C15H19N3O2. The van der Waals surface area contributed by atoms with Crippen LogP contribution in [0.2, 0.25) is 0 Å². The molecule has 0 amide bonds. The second-order valence-corrected chi connectivity index (χ2v) is 4.93. The normalized spacial score (nSPS) is 17.4. The van der Waals surface area contributed by atoms with Gasteiger partial charge in [-0.3, -0.25) is 0 Å². The number of nitrogens with zero attached hydrogens (tertiary/aromatic N) is 2. The van der Waals surface area contributed by atoms with Crippen molar-refractivity contribution in [2.24, 2.45) is 7.05 Å². The molecule has 0 bridgehead atoms. The second kappa shape index (κ2) is 5.54. The third-order valence-corrected chi connectivity index (χ3v) is 3.68. The maximum Gasteiger partial charge on any atom is 0.124 e. The Kier molecular flexibility index (Phi) is 3.60. The van der Waals surface area contributed by atoms with Crippen molar-refractivity contribution in [2.75, 3.05) is 13.7 Å². The van der Waals surface area contributed by atoms with E-state index >= 15 is 0 Å². The fraction of sp³-hybridized carbons (Fsp3) is 0.400. The van der Waals surface area contributed by atoms with Crippen LogP contribution < -0.4 is 14.8 Å². The van der Waals surface area contributed by atoms with E-state index in [0.29, 0.717) is 0 Å². The van der Waals surface area contributed by atoms with Gasteiger partial charge in [-0.25, -0.2) is 4.98 Å². The summed E-state index contributed by atoms with van der Waals surface area (Å²) in [7, 11) is 3.69. The first-order valence-electron chi connectivity index (χ1n) is 6.78. The van der Waals surface area contributed by atoms with Gasteiger partial charge in [0.25, 0.3) is 0 Å². The highest BCUT2D eigenvalue weighted by molar-refractivity contribution is 5.43. The second-order valence-electron chi connectivity index (χ2n) is 4.93. The lowest BCUT2D eigenvalue weighted by Gasteiger charge is -2.27. The average Bonchev–Trinajstić information content (AvgIpc) is 2.89. The molecule has 0 saturated carbocycles. The summed E-state index contributed by atoms with van der Waals surface area (Å²) in [5, 5.41) is 3.55. The van der Waals surface area contributed by atoms with Gasteiger partial charge >= 0.3 is 0 Å². The van der Waals surface area contributed by atoms with E-state index in [2.05, 4.69) is 10.3 Å². The fourth-order valence-electron chi connectivity index (χ4n) is 2.49. The van der Waals surface area contributed by atoms with Gasteiger partial charge in [0.2, 0.25) is 0 Å². The minimum atomic E-state index is 0.269. The highest BCUT2D eigenvalue weighted by Crippen LogP contribution is 2.34. The molecule has 1 aliphatic heterocycles. The lowest BCUT2D eigenvalue weighted by molar-refractivity contribution is 0.250. The molecule has 0 spiro atoms. The molecule has 5 nitrogen and oxygen atoms in total. The standard InChI is InChI=1S/C15H19N3O2/c1-18-7-6-16-15(18)10-17-13-5-8-20-14-4-3-11(19-2)9-12(13)14/h3-4,6-7,9,13,17H,5,8,10H2,1-2H3. The number of rotatable bonds is 4. The van der Waals surface area contributed by atoms with E-state index < -0.39 is 0 Å². The molecule has 0 fully saturated rings. The van der Waals surface area contributed by atoms with Gasteiger partial charge in [0, 0.05) is 37.5 Å². The first kappa shape index (κ1) is 13.0. The van der Waals surface area contributed by atoms with Crippen LogP contribution in [0.15, 0.2) is 30.6 Å². The van der Waals surface area contributed by atoms with Crippen molar-refractivity contribution in [1.29, 1.82) is 0 Å². The van der Waals surface area contributed by atoms with Gasteiger partial charge in [-0.15, -0.1) is 0 Å². The Hall–Kier alpha value is -2.01. The first-order valence-corrected chi connectivity index (χ1v) is 6.78. The van der Waals surface area contributed by atoms with Crippen LogP contribution in [0.5, 0.6) is 11.5 Å². The molecule has 20 heavy (non-hydrogen) atoms. The van der Waals surface area contributed by atoms with Crippen LogP contribution in [0, 0.1) is 0 Å². The van der Waals surface area contributed by atoms with E-state index in [-0.39, 0.29) is 6.04 Å². The maximum absolute atomic E-state index is 5.70. The Bertz CT molecular complexity index is 595. The number of hydrogen-bond acceptors (Lipinski definition) is 4. The lowest BCUT2D eigenvalue weighted by Crippen LogP contribution is -2.27. The molecule has 0 aliphatic carbocycles. The molecule has 5 heteroatoms. The van der Waals surface area contributed by atoms with Crippen molar-refractivity contribution < 1.29 is 9.47 Å². The summed E-state index contributed by atoms with van der Waals surface area (Å²) in [5.74, 6) is 2.83. The maximum atomic E-state index is 5.70. The first-order chi connectivity index (χ1) is 9.78. The Morgan fingerprint density at radius 1 is 1.50 bits per heavy atom. The zero-order valence-electron chi connectivity index (χ0n) is 11.8. The highest BCUT2D eigenvalue weighted by Gasteiger charge is 2.22. The molecule has 1 aromatic heterocycles. The van der Waals surface area contributed by atoms with Gasteiger partial charge in [-0.05, 0) is 18.2 Å². The minimum absolute atomic E-state index is 0.269. The third-order valence-electron chi connectivity index (χ3n) is 3.68. The summed E-state index contributed by atoms with van der Waals surface area (Å²) < 4.78 is 13.0. The summed E-state index contributed by atoms with van der Waals surface area (Å²) >= 11 is 0. The Morgan fingerprint density at radius 3 is 3.15 bits per heavy atom. The molecule has 1 N–H and O–H groups in total. The highest BCUT2D eigenvalue weighted by atomic mass is 16.5. The Balaban J connectivity index is 1.77. The molecule has 0 saturated heterocycles. The summed E-state index contributed by atoms with van der Waals surface area (Å²) in [4.78, 5) is 4.33. The number of aromatic nitrogens is 2. The molecule has 2 heterocycles. The fourth-order valence-corrected chi connectivity index (χ4v) is 2.49. The predicted molar refractivity (Wildman–Crippen MR) is 75.9 cm³/mol. The van der Waals surface area contributed by atoms with E-state index in [1.807, 2.05) is 42.2 Å². The number of ether oxygens (including phenoxy) is 2. The van der Waals surface area contributed by atoms with E-state index in [1.54, 1.807) is 7.11 Å². The van der Waals surface area contributed by atoms with Gasteiger partial charge in [-0.1, -0.05) is 0 Å². The SMILES string of the molecule is COc1ccc2c(c1)C(NCc1nccn1C)CCO2. The molecule has 2 aromatic rings. The van der Waals surface area contributed by atoms with Crippen LogP contribution in [0.1, 0.15) is 23.9 Å². The van der Waals surface area contributed by atoms with Crippen LogP contribution in [-0.4, -0.2) is 23.3 Å². The number of fused-ring (bicyclic) bond motifs is 1. The number of hydrogen-bond donors (Lipinski definition) is 1. The van der Waals surface area contributed by atoms with Crippen molar-refractivity contribution >= 4 is 0 Å². The van der Waals surface area contributed by atoms with Crippen LogP contribution in [0.3, 0.4) is 0 Å².